The van der Waals surface area contributed by atoms with Crippen LogP contribution in [0.3, 0.4) is 0 Å². The van der Waals surface area contributed by atoms with Crippen LogP contribution in [0.2, 0.25) is 0 Å². The zero-order chi connectivity index (χ0) is 16.8. The molecule has 24 heavy (non-hydrogen) atoms. The summed E-state index contributed by atoms with van der Waals surface area (Å²) in [6.45, 7) is 2.23. The molecular formula is C19H19N3O2. The lowest BCUT2D eigenvalue weighted by atomic mass is 10.1. The fraction of sp³-hybridized carbons (Fsp3) is 0.211. The monoisotopic (exact) mass is 321 g/mol. The Morgan fingerprint density at radius 3 is 2.67 bits per heavy atom. The smallest absolute Gasteiger partial charge is 0.341 e. The van der Waals surface area contributed by atoms with Crippen molar-refractivity contribution in [1.82, 2.24) is 14.8 Å². The third kappa shape index (κ3) is 3.68. The highest BCUT2D eigenvalue weighted by Gasteiger charge is 2.16. The Labute approximate surface area is 140 Å². The maximum absolute atomic E-state index is 12.2. The molecule has 0 unspecified atom stereocenters. The standard InChI is InChI=1S/C19H19N3O2/c1-15-17(14-21-22(15)18-11-5-6-12-20-18)19(23)24-13-7-10-16-8-3-2-4-9-16/h2-6,8-9,11-12,14H,7,10,13H2,1H3. The van der Waals surface area contributed by atoms with Crippen molar-refractivity contribution in [3.63, 3.8) is 0 Å². The van der Waals surface area contributed by atoms with Crippen LogP contribution < -0.4 is 0 Å². The molecule has 1 aromatic carbocycles. The fourth-order valence-corrected chi connectivity index (χ4v) is 2.48. The Morgan fingerprint density at radius 1 is 1.12 bits per heavy atom. The second-order valence-electron chi connectivity index (χ2n) is 5.47. The molecule has 3 rings (SSSR count). The van der Waals surface area contributed by atoms with Gasteiger partial charge < -0.3 is 4.74 Å². The van der Waals surface area contributed by atoms with Crippen LogP contribution >= 0.6 is 0 Å². The summed E-state index contributed by atoms with van der Waals surface area (Å²) >= 11 is 0. The van der Waals surface area contributed by atoms with E-state index in [0.717, 1.165) is 18.5 Å². The summed E-state index contributed by atoms with van der Waals surface area (Å²) in [7, 11) is 0. The minimum Gasteiger partial charge on any atom is -0.462 e. The predicted molar refractivity (Wildman–Crippen MR) is 91.1 cm³/mol. The summed E-state index contributed by atoms with van der Waals surface area (Å²) in [5.41, 5.74) is 2.44. The lowest BCUT2D eigenvalue weighted by Gasteiger charge is -2.06. The van der Waals surface area contributed by atoms with Gasteiger partial charge in [0.25, 0.3) is 0 Å². The second kappa shape index (κ2) is 7.55. The SMILES string of the molecule is Cc1c(C(=O)OCCCc2ccccc2)cnn1-c1ccccn1. The van der Waals surface area contributed by atoms with Crippen molar-refractivity contribution < 1.29 is 9.53 Å². The zero-order valence-electron chi connectivity index (χ0n) is 13.6. The number of ether oxygens (including phenoxy) is 1. The molecule has 5 nitrogen and oxygen atoms in total. The summed E-state index contributed by atoms with van der Waals surface area (Å²) < 4.78 is 7.01. The first-order valence-electron chi connectivity index (χ1n) is 7.93. The average molecular weight is 321 g/mol. The van der Waals surface area contributed by atoms with Gasteiger partial charge in [0.1, 0.15) is 5.56 Å². The Hall–Kier alpha value is -2.95. The van der Waals surface area contributed by atoms with Crippen molar-refractivity contribution in [3.8, 4) is 5.82 Å². The van der Waals surface area contributed by atoms with E-state index in [-0.39, 0.29) is 5.97 Å². The predicted octanol–water partition coefficient (Wildman–Crippen LogP) is 3.37. The Morgan fingerprint density at radius 2 is 1.92 bits per heavy atom. The van der Waals surface area contributed by atoms with Crippen molar-refractivity contribution >= 4 is 5.97 Å². The number of hydrogen-bond donors (Lipinski definition) is 0. The number of rotatable bonds is 6. The largest absolute Gasteiger partial charge is 0.462 e. The molecule has 0 saturated carbocycles. The van der Waals surface area contributed by atoms with E-state index in [1.807, 2.05) is 43.3 Å². The van der Waals surface area contributed by atoms with Gasteiger partial charge in [-0.15, -0.1) is 0 Å². The highest BCUT2D eigenvalue weighted by molar-refractivity contribution is 5.90. The van der Waals surface area contributed by atoms with E-state index in [4.69, 9.17) is 4.74 Å². The molecule has 0 aliphatic carbocycles. The first-order valence-corrected chi connectivity index (χ1v) is 7.93. The Balaban J connectivity index is 1.57. The average Bonchev–Trinajstić information content (AvgIpc) is 3.02. The molecule has 0 spiro atoms. The van der Waals surface area contributed by atoms with Crippen LogP contribution in [0, 0.1) is 6.92 Å². The van der Waals surface area contributed by atoms with E-state index in [9.17, 15) is 4.79 Å². The van der Waals surface area contributed by atoms with Crippen LogP contribution in [0.25, 0.3) is 5.82 Å². The van der Waals surface area contributed by atoms with E-state index in [0.29, 0.717) is 18.0 Å². The van der Waals surface area contributed by atoms with Gasteiger partial charge in [0.05, 0.1) is 18.5 Å². The molecule has 2 aromatic heterocycles. The van der Waals surface area contributed by atoms with Gasteiger partial charge in [0, 0.05) is 6.20 Å². The summed E-state index contributed by atoms with van der Waals surface area (Å²) in [6, 6.07) is 15.7. The molecule has 0 aliphatic rings. The van der Waals surface area contributed by atoms with E-state index in [2.05, 4.69) is 22.2 Å². The number of esters is 1. The van der Waals surface area contributed by atoms with Crippen molar-refractivity contribution in [2.75, 3.05) is 6.61 Å². The Kier molecular flexibility index (Phi) is 5.01. The molecular weight excluding hydrogens is 302 g/mol. The molecule has 3 aromatic rings. The minimum atomic E-state index is -0.345. The number of carbonyl (C=O) groups excluding carboxylic acids is 1. The van der Waals surface area contributed by atoms with Gasteiger partial charge >= 0.3 is 5.97 Å². The highest BCUT2D eigenvalue weighted by Crippen LogP contribution is 2.13. The topological polar surface area (TPSA) is 57.0 Å². The van der Waals surface area contributed by atoms with Gasteiger partial charge in [-0.25, -0.2) is 14.5 Å². The molecule has 0 amide bonds. The number of nitrogens with zero attached hydrogens (tertiary/aromatic N) is 3. The van der Waals surface area contributed by atoms with Crippen molar-refractivity contribution in [3.05, 3.63) is 77.7 Å². The molecule has 0 atom stereocenters. The van der Waals surface area contributed by atoms with E-state index in [1.54, 1.807) is 10.9 Å². The van der Waals surface area contributed by atoms with Crippen LogP contribution in [0.5, 0.6) is 0 Å². The van der Waals surface area contributed by atoms with Gasteiger partial charge in [-0.1, -0.05) is 36.4 Å². The fourth-order valence-electron chi connectivity index (χ4n) is 2.48. The summed E-state index contributed by atoms with van der Waals surface area (Å²) in [5.74, 6) is 0.334. The molecule has 0 saturated heterocycles. The third-order valence-corrected chi connectivity index (χ3v) is 3.78. The molecule has 0 aliphatic heterocycles. The van der Waals surface area contributed by atoms with Crippen molar-refractivity contribution in [2.45, 2.75) is 19.8 Å². The molecule has 0 fully saturated rings. The first kappa shape index (κ1) is 15.9. The molecule has 0 bridgehead atoms. The molecule has 2 heterocycles. The third-order valence-electron chi connectivity index (χ3n) is 3.78. The highest BCUT2D eigenvalue weighted by atomic mass is 16.5. The van der Waals surface area contributed by atoms with Gasteiger partial charge in [-0.2, -0.15) is 5.10 Å². The summed E-state index contributed by atoms with van der Waals surface area (Å²) in [4.78, 5) is 16.5. The maximum atomic E-state index is 12.2. The van der Waals surface area contributed by atoms with Crippen molar-refractivity contribution in [2.24, 2.45) is 0 Å². The first-order chi connectivity index (χ1) is 11.8. The minimum absolute atomic E-state index is 0.345. The van der Waals surface area contributed by atoms with Gasteiger partial charge in [-0.3, -0.25) is 0 Å². The van der Waals surface area contributed by atoms with Gasteiger partial charge in [0.15, 0.2) is 5.82 Å². The van der Waals surface area contributed by atoms with E-state index >= 15 is 0 Å². The van der Waals surface area contributed by atoms with Crippen LogP contribution in [0.15, 0.2) is 60.9 Å². The quantitative estimate of drug-likeness (QED) is 0.516. The zero-order valence-corrected chi connectivity index (χ0v) is 13.6. The summed E-state index contributed by atoms with van der Waals surface area (Å²) in [5, 5.41) is 4.24. The van der Waals surface area contributed by atoms with Gasteiger partial charge in [-0.05, 0) is 37.5 Å². The maximum Gasteiger partial charge on any atom is 0.341 e. The lowest BCUT2D eigenvalue weighted by molar-refractivity contribution is 0.0499. The van der Waals surface area contributed by atoms with E-state index < -0.39 is 0 Å². The van der Waals surface area contributed by atoms with Gasteiger partial charge in [0.2, 0.25) is 0 Å². The summed E-state index contributed by atoms with van der Waals surface area (Å²) in [6.07, 6.45) is 4.91. The molecule has 122 valence electrons. The van der Waals surface area contributed by atoms with Crippen molar-refractivity contribution in [1.29, 1.82) is 0 Å². The Bertz CT molecular complexity index is 798. The second-order valence-corrected chi connectivity index (χ2v) is 5.47. The molecule has 5 heteroatoms. The van der Waals surface area contributed by atoms with E-state index in [1.165, 1.54) is 11.8 Å². The number of pyridine rings is 1. The lowest BCUT2D eigenvalue weighted by Crippen LogP contribution is -2.09. The van der Waals surface area contributed by atoms with Crippen LogP contribution in [0.1, 0.15) is 28.0 Å². The number of carbonyl (C=O) groups is 1. The van der Waals surface area contributed by atoms with Crippen LogP contribution in [0.4, 0.5) is 0 Å². The van der Waals surface area contributed by atoms with Crippen LogP contribution in [-0.2, 0) is 11.2 Å². The molecule has 0 radical (unpaired) electrons. The normalized spacial score (nSPS) is 10.5. The number of aromatic nitrogens is 3. The molecule has 0 N–H and O–H groups in total. The van der Waals surface area contributed by atoms with Crippen LogP contribution in [-0.4, -0.2) is 27.3 Å². The number of hydrogen-bond acceptors (Lipinski definition) is 4. The number of aryl methyl sites for hydroxylation is 1. The number of benzene rings is 1.